The van der Waals surface area contributed by atoms with E-state index in [4.69, 9.17) is 24.2 Å². The summed E-state index contributed by atoms with van der Waals surface area (Å²) >= 11 is 0. The number of fused-ring (bicyclic) bond motifs is 1. The van der Waals surface area contributed by atoms with E-state index in [0.29, 0.717) is 23.1 Å². The van der Waals surface area contributed by atoms with Crippen molar-refractivity contribution in [2.45, 2.75) is 19.8 Å². The number of methoxy groups -OCH3 is 3. The lowest BCUT2D eigenvalue weighted by molar-refractivity contribution is 0.324. The second kappa shape index (κ2) is 9.02. The van der Waals surface area contributed by atoms with Crippen molar-refractivity contribution in [2.75, 3.05) is 40.3 Å². The molecule has 0 N–H and O–H groups in total. The van der Waals surface area contributed by atoms with Gasteiger partial charge in [0.1, 0.15) is 11.0 Å². The molecule has 1 aromatic carbocycles. The largest absolute Gasteiger partial charge is 0.493 e. The normalized spacial score (nSPS) is 11.3. The van der Waals surface area contributed by atoms with E-state index in [-0.39, 0.29) is 0 Å². The molecule has 0 atom stereocenters. The molecule has 0 spiro atoms. The monoisotopic (exact) mass is 411 g/mol. The van der Waals surface area contributed by atoms with Gasteiger partial charge in [-0.3, -0.25) is 4.68 Å². The van der Waals surface area contributed by atoms with Crippen LogP contribution in [0, 0.1) is 0 Å². The molecule has 0 radical (unpaired) electrons. The van der Waals surface area contributed by atoms with E-state index in [2.05, 4.69) is 12.0 Å². The maximum Gasteiger partial charge on any atom is 0.203 e. The number of nitrogens with zero attached hydrogens (tertiary/aromatic N) is 5. The fourth-order valence-electron chi connectivity index (χ4n) is 3.40. The number of aromatic nitrogens is 4. The zero-order chi connectivity index (χ0) is 21.8. The van der Waals surface area contributed by atoms with Crippen LogP contribution >= 0.6 is 0 Å². The van der Waals surface area contributed by atoms with Crippen LogP contribution < -0.4 is 19.1 Å². The van der Waals surface area contributed by atoms with Gasteiger partial charge >= 0.3 is 0 Å². The van der Waals surface area contributed by atoms with Gasteiger partial charge in [0.25, 0.3) is 0 Å². The first-order chi connectivity index (χ1) is 14.4. The lowest BCUT2D eigenvalue weighted by atomic mass is 10.1. The molecule has 2 aromatic heterocycles. The zero-order valence-electron chi connectivity index (χ0n) is 18.7. The minimum Gasteiger partial charge on any atom is -0.493 e. The molecule has 0 aliphatic carbocycles. The predicted octanol–water partition coefficient (Wildman–Crippen LogP) is 3.58. The SMILES string of the molecule is CCCc1nn(C)c2c(N(C)C)nc(/C=C/c3cc(OC)c(OC)c(OC)c3)nc12. The smallest absolute Gasteiger partial charge is 0.203 e. The van der Waals surface area contributed by atoms with Crippen molar-refractivity contribution in [3.63, 3.8) is 0 Å². The summed E-state index contributed by atoms with van der Waals surface area (Å²) in [5, 5.41) is 4.66. The minimum atomic E-state index is 0.560. The molecule has 3 rings (SSSR count). The van der Waals surface area contributed by atoms with Gasteiger partial charge in [0.2, 0.25) is 5.75 Å². The molecule has 160 valence electrons. The fraction of sp³-hybridized carbons (Fsp3) is 0.409. The predicted molar refractivity (Wildman–Crippen MR) is 120 cm³/mol. The second-order valence-corrected chi connectivity index (χ2v) is 7.11. The average molecular weight is 412 g/mol. The molecule has 8 heteroatoms. The Morgan fingerprint density at radius 1 is 1.00 bits per heavy atom. The Kier molecular flexibility index (Phi) is 6.44. The molecule has 8 nitrogen and oxygen atoms in total. The van der Waals surface area contributed by atoms with Crippen molar-refractivity contribution in [3.8, 4) is 17.2 Å². The highest BCUT2D eigenvalue weighted by atomic mass is 16.5. The first-order valence-electron chi connectivity index (χ1n) is 9.82. The summed E-state index contributed by atoms with van der Waals surface area (Å²) in [6, 6.07) is 3.77. The van der Waals surface area contributed by atoms with Crippen LogP contribution in [0.25, 0.3) is 23.2 Å². The third-order valence-electron chi connectivity index (χ3n) is 4.77. The summed E-state index contributed by atoms with van der Waals surface area (Å²) in [7, 11) is 10.7. The molecular formula is C22H29N5O3. The summed E-state index contributed by atoms with van der Waals surface area (Å²) in [6.07, 6.45) is 5.69. The first-order valence-corrected chi connectivity index (χ1v) is 9.82. The van der Waals surface area contributed by atoms with Crippen molar-refractivity contribution in [1.82, 2.24) is 19.7 Å². The summed E-state index contributed by atoms with van der Waals surface area (Å²) in [6.45, 7) is 2.14. The van der Waals surface area contributed by atoms with E-state index >= 15 is 0 Å². The van der Waals surface area contributed by atoms with Crippen LogP contribution in [0.3, 0.4) is 0 Å². The van der Waals surface area contributed by atoms with Crippen LogP contribution in [-0.4, -0.2) is 55.2 Å². The number of benzene rings is 1. The number of rotatable bonds is 8. The quantitative estimate of drug-likeness (QED) is 0.561. The Hall–Kier alpha value is -3.29. The van der Waals surface area contributed by atoms with Crippen molar-refractivity contribution in [1.29, 1.82) is 0 Å². The van der Waals surface area contributed by atoms with E-state index in [1.54, 1.807) is 21.3 Å². The highest BCUT2D eigenvalue weighted by molar-refractivity contribution is 5.89. The minimum absolute atomic E-state index is 0.560. The zero-order valence-corrected chi connectivity index (χ0v) is 18.7. The standard InChI is InChI=1S/C22H29N5O3/c1-8-9-15-19-20(27(4)25-15)22(26(2)3)24-18(23-19)11-10-14-12-16(28-5)21(30-7)17(13-14)29-6/h10-13H,8-9H2,1-7H3/b11-10+. The molecule has 0 saturated heterocycles. The molecule has 30 heavy (non-hydrogen) atoms. The van der Waals surface area contributed by atoms with E-state index in [1.165, 1.54) is 0 Å². The van der Waals surface area contributed by atoms with Gasteiger partial charge in [-0.15, -0.1) is 0 Å². The molecule has 0 aliphatic heterocycles. The number of aryl methyl sites for hydroxylation is 2. The van der Waals surface area contributed by atoms with Crippen LogP contribution in [-0.2, 0) is 13.5 Å². The third kappa shape index (κ3) is 4.03. The molecule has 2 heterocycles. The Bertz CT molecular complexity index is 1050. The summed E-state index contributed by atoms with van der Waals surface area (Å²) < 4.78 is 18.1. The van der Waals surface area contributed by atoms with Crippen LogP contribution in [0.4, 0.5) is 5.82 Å². The molecule has 0 amide bonds. The van der Waals surface area contributed by atoms with Crippen molar-refractivity contribution >= 4 is 29.0 Å². The first kappa shape index (κ1) is 21.4. The maximum atomic E-state index is 5.44. The molecule has 0 unspecified atom stereocenters. The molecule has 0 bridgehead atoms. The van der Waals surface area contributed by atoms with Crippen molar-refractivity contribution in [3.05, 3.63) is 29.2 Å². The fourth-order valence-corrected chi connectivity index (χ4v) is 3.40. The lowest BCUT2D eigenvalue weighted by Gasteiger charge is -2.14. The van der Waals surface area contributed by atoms with Crippen LogP contribution in [0.1, 0.15) is 30.4 Å². The third-order valence-corrected chi connectivity index (χ3v) is 4.77. The Balaban J connectivity index is 2.09. The van der Waals surface area contributed by atoms with E-state index < -0.39 is 0 Å². The van der Waals surface area contributed by atoms with Gasteiger partial charge in [-0.05, 0) is 30.2 Å². The number of anilines is 1. The summed E-state index contributed by atoms with van der Waals surface area (Å²) in [5.41, 5.74) is 3.71. The Morgan fingerprint density at radius 2 is 1.67 bits per heavy atom. The Labute approximate surface area is 177 Å². The van der Waals surface area contributed by atoms with Gasteiger partial charge in [-0.1, -0.05) is 19.4 Å². The topological polar surface area (TPSA) is 74.5 Å². The Morgan fingerprint density at radius 3 is 2.20 bits per heavy atom. The van der Waals surface area contributed by atoms with Gasteiger partial charge in [-0.2, -0.15) is 5.10 Å². The van der Waals surface area contributed by atoms with Gasteiger partial charge in [0.15, 0.2) is 23.1 Å². The van der Waals surface area contributed by atoms with Gasteiger partial charge in [0, 0.05) is 21.1 Å². The number of ether oxygens (including phenoxy) is 3. The summed E-state index contributed by atoms with van der Waals surface area (Å²) in [4.78, 5) is 11.5. The maximum absolute atomic E-state index is 5.44. The number of hydrogen-bond donors (Lipinski definition) is 0. The van der Waals surface area contributed by atoms with Crippen molar-refractivity contribution < 1.29 is 14.2 Å². The van der Waals surface area contributed by atoms with Crippen molar-refractivity contribution in [2.24, 2.45) is 7.05 Å². The highest BCUT2D eigenvalue weighted by Gasteiger charge is 2.17. The highest BCUT2D eigenvalue weighted by Crippen LogP contribution is 2.38. The van der Waals surface area contributed by atoms with Gasteiger partial charge in [-0.25, -0.2) is 9.97 Å². The van der Waals surface area contributed by atoms with Crippen LogP contribution in [0.2, 0.25) is 0 Å². The van der Waals surface area contributed by atoms with Crippen LogP contribution in [0.5, 0.6) is 17.2 Å². The summed E-state index contributed by atoms with van der Waals surface area (Å²) in [5.74, 6) is 3.20. The van der Waals surface area contributed by atoms with Gasteiger partial charge < -0.3 is 19.1 Å². The van der Waals surface area contributed by atoms with E-state index in [1.807, 2.05) is 55.0 Å². The molecule has 0 saturated carbocycles. The average Bonchev–Trinajstić information content (AvgIpc) is 3.06. The van der Waals surface area contributed by atoms with Crippen LogP contribution in [0.15, 0.2) is 12.1 Å². The molecule has 3 aromatic rings. The second-order valence-electron chi connectivity index (χ2n) is 7.11. The number of hydrogen-bond acceptors (Lipinski definition) is 7. The lowest BCUT2D eigenvalue weighted by Crippen LogP contribution is -2.13. The van der Waals surface area contributed by atoms with Gasteiger partial charge in [0.05, 0.1) is 27.0 Å². The van der Waals surface area contributed by atoms with E-state index in [9.17, 15) is 0 Å². The molecular weight excluding hydrogens is 382 g/mol. The molecule has 0 aliphatic rings. The molecule has 0 fully saturated rings. The van der Waals surface area contributed by atoms with E-state index in [0.717, 1.165) is 41.0 Å².